The van der Waals surface area contributed by atoms with Crippen LogP contribution in [0.3, 0.4) is 0 Å². The molecular weight excluding hydrogens is 178 g/mol. The minimum absolute atomic E-state index is 0.178. The molecule has 1 aromatic rings. The van der Waals surface area contributed by atoms with Crippen molar-refractivity contribution < 1.29 is 9.84 Å². The number of benzene rings is 1. The third-order valence-electron chi connectivity index (χ3n) is 2.13. The Morgan fingerprint density at radius 1 is 1.50 bits per heavy atom. The number of nitrogens with two attached hydrogens (primary N) is 1. The van der Waals surface area contributed by atoms with Crippen LogP contribution in [0, 0.1) is 0 Å². The second-order valence-electron chi connectivity index (χ2n) is 3.52. The molecule has 0 saturated carbocycles. The van der Waals surface area contributed by atoms with Crippen molar-refractivity contribution in [2.75, 3.05) is 7.11 Å². The normalized spacial score (nSPS) is 12.5. The minimum Gasteiger partial charge on any atom is -0.504 e. The molecule has 0 spiro atoms. The lowest BCUT2D eigenvalue weighted by Crippen LogP contribution is -2.15. The molecule has 0 aliphatic carbocycles. The minimum atomic E-state index is 0.178. The molecule has 0 radical (unpaired) electrons. The smallest absolute Gasteiger partial charge is 0.160 e. The van der Waals surface area contributed by atoms with Crippen molar-refractivity contribution in [3.63, 3.8) is 0 Å². The second kappa shape index (κ2) is 4.86. The van der Waals surface area contributed by atoms with Gasteiger partial charge in [-0.15, -0.1) is 0 Å². The van der Waals surface area contributed by atoms with Gasteiger partial charge in [-0.05, 0) is 37.5 Å². The lowest BCUT2D eigenvalue weighted by atomic mass is 10.1. The molecule has 0 unspecified atom stereocenters. The molecule has 0 aliphatic rings. The van der Waals surface area contributed by atoms with Gasteiger partial charge in [0.05, 0.1) is 7.11 Å². The Kier molecular flexibility index (Phi) is 3.77. The Bertz CT molecular complexity index is 297. The van der Waals surface area contributed by atoms with Gasteiger partial charge in [-0.25, -0.2) is 0 Å². The van der Waals surface area contributed by atoms with E-state index in [1.807, 2.05) is 19.1 Å². The van der Waals surface area contributed by atoms with E-state index >= 15 is 0 Å². The van der Waals surface area contributed by atoms with Gasteiger partial charge in [-0.1, -0.05) is 6.07 Å². The Labute approximate surface area is 84.5 Å². The van der Waals surface area contributed by atoms with Gasteiger partial charge < -0.3 is 15.6 Å². The van der Waals surface area contributed by atoms with Crippen molar-refractivity contribution in [1.29, 1.82) is 0 Å². The summed E-state index contributed by atoms with van der Waals surface area (Å²) in [5.41, 5.74) is 6.80. The number of hydrogen-bond acceptors (Lipinski definition) is 3. The average Bonchev–Trinajstić information content (AvgIpc) is 2.16. The largest absolute Gasteiger partial charge is 0.504 e. The molecule has 0 aliphatic heterocycles. The predicted molar refractivity (Wildman–Crippen MR) is 56.6 cm³/mol. The Morgan fingerprint density at radius 2 is 2.21 bits per heavy atom. The zero-order valence-corrected chi connectivity index (χ0v) is 8.66. The van der Waals surface area contributed by atoms with E-state index in [1.54, 1.807) is 13.2 Å². The lowest BCUT2D eigenvalue weighted by molar-refractivity contribution is 0.373. The molecule has 0 amide bonds. The molecule has 1 aromatic carbocycles. The molecule has 0 bridgehead atoms. The van der Waals surface area contributed by atoms with Crippen LogP contribution in [0.2, 0.25) is 0 Å². The summed E-state index contributed by atoms with van der Waals surface area (Å²) in [6, 6.07) is 5.59. The summed E-state index contributed by atoms with van der Waals surface area (Å²) in [4.78, 5) is 0. The van der Waals surface area contributed by atoms with Gasteiger partial charge in [-0.2, -0.15) is 0 Å². The van der Waals surface area contributed by atoms with E-state index in [4.69, 9.17) is 10.5 Å². The summed E-state index contributed by atoms with van der Waals surface area (Å²) in [5.74, 6) is 0.698. The van der Waals surface area contributed by atoms with Gasteiger partial charge in [-0.3, -0.25) is 0 Å². The number of ether oxygens (including phenoxy) is 1. The summed E-state index contributed by atoms with van der Waals surface area (Å²) < 4.78 is 5.01. The third-order valence-corrected chi connectivity index (χ3v) is 2.13. The van der Waals surface area contributed by atoms with E-state index in [2.05, 4.69) is 0 Å². The number of hydrogen-bond donors (Lipinski definition) is 2. The highest BCUT2D eigenvalue weighted by Gasteiger charge is 2.03. The maximum Gasteiger partial charge on any atom is 0.160 e. The fraction of sp³-hybridized carbons (Fsp3) is 0.455. The molecular formula is C11H17NO2. The first-order chi connectivity index (χ1) is 6.63. The van der Waals surface area contributed by atoms with Crippen molar-refractivity contribution in [2.24, 2.45) is 5.73 Å². The number of methoxy groups -OCH3 is 1. The van der Waals surface area contributed by atoms with Crippen molar-refractivity contribution >= 4 is 0 Å². The zero-order chi connectivity index (χ0) is 10.6. The zero-order valence-electron chi connectivity index (χ0n) is 8.66. The maximum atomic E-state index is 9.36. The van der Waals surface area contributed by atoms with Gasteiger partial charge in [0, 0.05) is 6.04 Å². The van der Waals surface area contributed by atoms with E-state index in [-0.39, 0.29) is 11.8 Å². The monoisotopic (exact) mass is 195 g/mol. The van der Waals surface area contributed by atoms with Crippen LogP contribution in [0.4, 0.5) is 0 Å². The van der Waals surface area contributed by atoms with Crippen LogP contribution >= 0.6 is 0 Å². The first-order valence-corrected chi connectivity index (χ1v) is 4.75. The number of rotatable bonds is 4. The molecule has 1 atom stereocenters. The summed E-state index contributed by atoms with van der Waals surface area (Å²) in [5, 5.41) is 9.36. The fourth-order valence-electron chi connectivity index (χ4n) is 1.27. The SMILES string of the molecule is COc1cc(CC[C@@H](C)N)ccc1O. The Hall–Kier alpha value is -1.22. The standard InChI is InChI=1S/C11H17NO2/c1-8(12)3-4-9-5-6-10(13)11(7-9)14-2/h5-8,13H,3-4,12H2,1-2H3/t8-/m1/s1. The third kappa shape index (κ3) is 2.92. The highest BCUT2D eigenvalue weighted by molar-refractivity contribution is 5.41. The lowest BCUT2D eigenvalue weighted by Gasteiger charge is -2.08. The van der Waals surface area contributed by atoms with Crippen molar-refractivity contribution in [3.8, 4) is 11.5 Å². The Morgan fingerprint density at radius 3 is 2.79 bits per heavy atom. The van der Waals surface area contributed by atoms with Crippen LogP contribution in [0.25, 0.3) is 0 Å². The van der Waals surface area contributed by atoms with Crippen LogP contribution in [-0.4, -0.2) is 18.3 Å². The predicted octanol–water partition coefficient (Wildman–Crippen LogP) is 1.68. The first kappa shape index (κ1) is 10.9. The van der Waals surface area contributed by atoms with E-state index in [9.17, 15) is 5.11 Å². The fourth-order valence-corrected chi connectivity index (χ4v) is 1.27. The van der Waals surface area contributed by atoms with Gasteiger partial charge in [0.1, 0.15) is 0 Å². The molecule has 3 heteroatoms. The van der Waals surface area contributed by atoms with Crippen LogP contribution in [0.15, 0.2) is 18.2 Å². The summed E-state index contributed by atoms with van der Waals surface area (Å²) >= 11 is 0. The van der Waals surface area contributed by atoms with Crippen molar-refractivity contribution in [3.05, 3.63) is 23.8 Å². The van der Waals surface area contributed by atoms with E-state index in [0.29, 0.717) is 5.75 Å². The van der Waals surface area contributed by atoms with E-state index < -0.39 is 0 Å². The number of aromatic hydroxyl groups is 1. The maximum absolute atomic E-state index is 9.36. The molecule has 78 valence electrons. The first-order valence-electron chi connectivity index (χ1n) is 4.75. The Balaban J connectivity index is 2.69. The topological polar surface area (TPSA) is 55.5 Å². The van der Waals surface area contributed by atoms with Gasteiger partial charge in [0.25, 0.3) is 0 Å². The van der Waals surface area contributed by atoms with Gasteiger partial charge in [0.2, 0.25) is 0 Å². The molecule has 14 heavy (non-hydrogen) atoms. The molecule has 3 nitrogen and oxygen atoms in total. The van der Waals surface area contributed by atoms with Crippen molar-refractivity contribution in [2.45, 2.75) is 25.8 Å². The molecule has 0 aromatic heterocycles. The van der Waals surface area contributed by atoms with Crippen LogP contribution < -0.4 is 10.5 Å². The van der Waals surface area contributed by atoms with E-state index in [1.165, 1.54) is 0 Å². The molecule has 0 fully saturated rings. The van der Waals surface area contributed by atoms with Crippen LogP contribution in [0.5, 0.6) is 11.5 Å². The molecule has 1 rings (SSSR count). The molecule has 0 heterocycles. The van der Waals surface area contributed by atoms with Gasteiger partial charge in [0.15, 0.2) is 11.5 Å². The molecule has 3 N–H and O–H groups in total. The summed E-state index contributed by atoms with van der Waals surface area (Å²) in [7, 11) is 1.55. The van der Waals surface area contributed by atoms with Gasteiger partial charge >= 0.3 is 0 Å². The average molecular weight is 195 g/mol. The summed E-state index contributed by atoms with van der Waals surface area (Å²) in [6.45, 7) is 1.98. The number of phenols is 1. The van der Waals surface area contributed by atoms with Crippen molar-refractivity contribution in [1.82, 2.24) is 0 Å². The highest BCUT2D eigenvalue weighted by atomic mass is 16.5. The summed E-state index contributed by atoms with van der Waals surface area (Å²) in [6.07, 6.45) is 1.85. The second-order valence-corrected chi connectivity index (χ2v) is 3.52. The highest BCUT2D eigenvalue weighted by Crippen LogP contribution is 2.26. The quantitative estimate of drug-likeness (QED) is 0.768. The van der Waals surface area contributed by atoms with E-state index in [0.717, 1.165) is 18.4 Å². The molecule has 0 saturated heterocycles. The number of phenolic OH excluding ortho intramolecular Hbond substituents is 1. The van der Waals surface area contributed by atoms with Crippen LogP contribution in [-0.2, 0) is 6.42 Å². The number of aryl methyl sites for hydroxylation is 1. The van der Waals surface area contributed by atoms with Crippen LogP contribution in [0.1, 0.15) is 18.9 Å².